The molecule has 0 unspecified atom stereocenters. The van der Waals surface area contributed by atoms with Crippen molar-refractivity contribution in [3.63, 3.8) is 0 Å². The fourth-order valence-electron chi connectivity index (χ4n) is 5.01. The molecule has 0 bridgehead atoms. The van der Waals surface area contributed by atoms with E-state index in [2.05, 4.69) is 5.32 Å². The number of benzene rings is 1. The quantitative estimate of drug-likeness (QED) is 0.547. The first-order valence-corrected chi connectivity index (χ1v) is 9.85. The number of methoxy groups -OCH3 is 1. The summed E-state index contributed by atoms with van der Waals surface area (Å²) in [7, 11) is 1.15. The third-order valence-corrected chi connectivity index (χ3v) is 6.69. The maximum Gasteiger partial charge on any atom is 0.265 e. The van der Waals surface area contributed by atoms with Crippen LogP contribution in [0.2, 0.25) is 0 Å². The second kappa shape index (κ2) is 6.66. The molecule has 0 radical (unpaired) electrons. The largest absolute Gasteiger partial charge is 0.383 e. The number of rotatable bonds is 4. The number of hydrogen-bond acceptors (Lipinski definition) is 7. The summed E-state index contributed by atoms with van der Waals surface area (Å²) >= 11 is 0. The van der Waals surface area contributed by atoms with Gasteiger partial charge in [0.2, 0.25) is 17.1 Å². The molecule has 158 valence electrons. The number of ether oxygens (including phenoxy) is 2. The van der Waals surface area contributed by atoms with Crippen LogP contribution < -0.4 is 5.32 Å². The van der Waals surface area contributed by atoms with Crippen LogP contribution in [0.4, 0.5) is 0 Å². The molecule has 2 aliphatic heterocycles. The topological polar surface area (TPSA) is 119 Å². The molecule has 2 fully saturated rings. The highest BCUT2D eigenvalue weighted by Gasteiger charge is 2.79. The van der Waals surface area contributed by atoms with E-state index < -0.39 is 58.1 Å². The SMILES string of the molecule is CC[C@@H]1C=CC(=O)[C@]12O[C@]1(C(=O)N[C@@](OC)(C(=O)c3ccccc3)[C@@H]1O)C(=O)[C@@H]2C. The molecule has 8 nitrogen and oxygen atoms in total. The number of ketones is 3. The van der Waals surface area contributed by atoms with Gasteiger partial charge in [0, 0.05) is 18.6 Å². The molecular formula is C22H23NO7. The minimum Gasteiger partial charge on any atom is -0.383 e. The lowest BCUT2D eigenvalue weighted by Gasteiger charge is -2.35. The second-order valence-electron chi connectivity index (χ2n) is 7.95. The molecule has 2 N–H and O–H groups in total. The minimum absolute atomic E-state index is 0.175. The highest BCUT2D eigenvalue weighted by atomic mass is 16.6. The molecule has 2 spiro atoms. The molecule has 30 heavy (non-hydrogen) atoms. The van der Waals surface area contributed by atoms with E-state index in [9.17, 15) is 24.3 Å². The Kier molecular flexibility index (Phi) is 4.57. The number of hydrogen-bond donors (Lipinski definition) is 2. The zero-order valence-corrected chi connectivity index (χ0v) is 16.9. The summed E-state index contributed by atoms with van der Waals surface area (Å²) < 4.78 is 11.3. The van der Waals surface area contributed by atoms with Crippen molar-refractivity contribution in [2.24, 2.45) is 11.8 Å². The monoisotopic (exact) mass is 413 g/mol. The Morgan fingerprint density at radius 2 is 1.90 bits per heavy atom. The van der Waals surface area contributed by atoms with E-state index in [0.717, 1.165) is 7.11 Å². The van der Waals surface area contributed by atoms with Crippen molar-refractivity contribution in [2.75, 3.05) is 7.11 Å². The molecule has 0 saturated carbocycles. The molecule has 2 saturated heterocycles. The Morgan fingerprint density at radius 1 is 1.23 bits per heavy atom. The summed E-state index contributed by atoms with van der Waals surface area (Å²) in [5.74, 6) is -4.34. The van der Waals surface area contributed by atoms with Gasteiger partial charge in [0.15, 0.2) is 17.7 Å². The highest BCUT2D eigenvalue weighted by molar-refractivity contribution is 6.21. The molecule has 1 amide bonds. The third kappa shape index (κ3) is 2.21. The number of amides is 1. The normalized spacial score (nSPS) is 40.0. The molecule has 1 aromatic carbocycles. The van der Waals surface area contributed by atoms with Gasteiger partial charge in [-0.3, -0.25) is 19.2 Å². The van der Waals surface area contributed by atoms with Gasteiger partial charge in [0.25, 0.3) is 5.91 Å². The summed E-state index contributed by atoms with van der Waals surface area (Å²) in [5, 5.41) is 13.6. The van der Waals surface area contributed by atoms with E-state index >= 15 is 0 Å². The van der Waals surface area contributed by atoms with Crippen molar-refractivity contribution in [1.29, 1.82) is 0 Å². The summed E-state index contributed by atoms with van der Waals surface area (Å²) in [4.78, 5) is 52.5. The van der Waals surface area contributed by atoms with Gasteiger partial charge in [-0.15, -0.1) is 0 Å². The Morgan fingerprint density at radius 3 is 2.50 bits per heavy atom. The fraction of sp³-hybridized carbons (Fsp3) is 0.455. The van der Waals surface area contributed by atoms with Crippen LogP contribution in [0.1, 0.15) is 30.6 Å². The lowest BCUT2D eigenvalue weighted by atomic mass is 9.75. The van der Waals surface area contributed by atoms with E-state index in [-0.39, 0.29) is 5.56 Å². The number of carbonyl (C=O) groups excluding carboxylic acids is 4. The molecule has 2 heterocycles. The molecule has 1 aliphatic carbocycles. The Hall–Kier alpha value is -2.68. The van der Waals surface area contributed by atoms with Gasteiger partial charge in [0.05, 0.1) is 5.92 Å². The maximum atomic E-state index is 13.4. The molecule has 0 aromatic heterocycles. The first-order valence-electron chi connectivity index (χ1n) is 9.85. The van der Waals surface area contributed by atoms with Gasteiger partial charge in [-0.25, -0.2) is 0 Å². The van der Waals surface area contributed by atoms with Crippen LogP contribution in [0.3, 0.4) is 0 Å². The van der Waals surface area contributed by atoms with Crippen molar-refractivity contribution in [3.05, 3.63) is 48.0 Å². The number of aliphatic hydroxyl groups excluding tert-OH is 1. The van der Waals surface area contributed by atoms with Gasteiger partial charge in [-0.2, -0.15) is 0 Å². The van der Waals surface area contributed by atoms with Crippen LogP contribution in [0, 0.1) is 11.8 Å². The third-order valence-electron chi connectivity index (χ3n) is 6.69. The van der Waals surface area contributed by atoms with Crippen molar-refractivity contribution in [3.8, 4) is 0 Å². The zero-order valence-electron chi connectivity index (χ0n) is 16.9. The summed E-state index contributed by atoms with van der Waals surface area (Å²) in [6.45, 7) is 3.35. The predicted molar refractivity (Wildman–Crippen MR) is 103 cm³/mol. The van der Waals surface area contributed by atoms with E-state index in [0.29, 0.717) is 6.42 Å². The molecule has 3 aliphatic rings. The molecule has 4 rings (SSSR count). The average Bonchev–Trinajstić information content (AvgIpc) is 3.29. The molecular weight excluding hydrogens is 390 g/mol. The van der Waals surface area contributed by atoms with Crippen LogP contribution in [-0.2, 0) is 23.9 Å². The van der Waals surface area contributed by atoms with Gasteiger partial charge in [0.1, 0.15) is 5.60 Å². The maximum absolute atomic E-state index is 13.4. The summed E-state index contributed by atoms with van der Waals surface area (Å²) in [6.07, 6.45) is 1.50. The van der Waals surface area contributed by atoms with Crippen LogP contribution in [0.25, 0.3) is 0 Å². The molecule has 8 heteroatoms. The lowest BCUT2D eigenvalue weighted by molar-refractivity contribution is -0.189. The number of aliphatic hydroxyl groups is 1. The van der Waals surface area contributed by atoms with E-state index in [1.54, 1.807) is 24.3 Å². The van der Waals surface area contributed by atoms with Crippen molar-refractivity contribution in [1.82, 2.24) is 5.32 Å². The van der Waals surface area contributed by atoms with Crippen LogP contribution in [-0.4, -0.2) is 58.5 Å². The van der Waals surface area contributed by atoms with E-state index in [1.165, 1.54) is 25.1 Å². The first kappa shape index (κ1) is 20.6. The molecule has 6 atom stereocenters. The lowest BCUT2D eigenvalue weighted by Crippen LogP contribution is -2.61. The van der Waals surface area contributed by atoms with Gasteiger partial charge < -0.3 is 19.9 Å². The number of carbonyl (C=O) groups is 4. The predicted octanol–water partition coefficient (Wildman–Crippen LogP) is 0.581. The van der Waals surface area contributed by atoms with E-state index in [4.69, 9.17) is 9.47 Å². The zero-order chi connectivity index (χ0) is 21.9. The van der Waals surface area contributed by atoms with Crippen LogP contribution in [0.15, 0.2) is 42.5 Å². The van der Waals surface area contributed by atoms with Gasteiger partial charge in [-0.1, -0.05) is 50.3 Å². The summed E-state index contributed by atoms with van der Waals surface area (Å²) in [5.41, 5.74) is -6.07. The number of Topliss-reactive ketones (excluding diaryl/α,β-unsaturated/α-hetero) is 2. The number of nitrogens with one attached hydrogen (secondary N) is 1. The standard InChI is InChI=1S/C22H23NO7/c1-4-14-10-11-15(24)20(14)12(2)16(25)21(30-20)18(27)22(29-3,23-19(21)28)17(26)13-8-6-5-7-9-13/h5-12,14,18,27H,4H2,1-3H3,(H,23,28)/t12-,14+,18+,20+,21+,22+/m0/s1. The molecule has 1 aromatic rings. The average molecular weight is 413 g/mol. The Bertz CT molecular complexity index is 973. The van der Waals surface area contributed by atoms with Crippen molar-refractivity contribution < 1.29 is 33.8 Å². The Labute approximate surface area is 173 Å². The van der Waals surface area contributed by atoms with Gasteiger partial charge >= 0.3 is 0 Å². The minimum atomic E-state index is -2.42. The Balaban J connectivity index is 1.82. The smallest absolute Gasteiger partial charge is 0.265 e. The van der Waals surface area contributed by atoms with Crippen LogP contribution in [0.5, 0.6) is 0 Å². The second-order valence-corrected chi connectivity index (χ2v) is 7.95. The van der Waals surface area contributed by atoms with E-state index in [1.807, 2.05) is 6.92 Å². The van der Waals surface area contributed by atoms with Gasteiger partial charge in [-0.05, 0) is 12.5 Å². The van der Waals surface area contributed by atoms with Crippen LogP contribution >= 0.6 is 0 Å². The fourth-order valence-corrected chi connectivity index (χ4v) is 5.01. The summed E-state index contributed by atoms with van der Waals surface area (Å²) in [6, 6.07) is 7.97. The highest BCUT2D eigenvalue weighted by Crippen LogP contribution is 2.53. The van der Waals surface area contributed by atoms with Crippen molar-refractivity contribution in [2.45, 2.75) is 43.3 Å². The van der Waals surface area contributed by atoms with Crippen molar-refractivity contribution >= 4 is 23.3 Å². The first-order chi connectivity index (χ1) is 14.2.